The lowest BCUT2D eigenvalue weighted by molar-refractivity contribution is 0.765. The fraction of sp³-hybridized carbons (Fsp3) is 0.400. The van der Waals surface area contributed by atoms with Gasteiger partial charge in [-0.15, -0.1) is 6.58 Å². The highest BCUT2D eigenvalue weighted by molar-refractivity contribution is 5.48. The summed E-state index contributed by atoms with van der Waals surface area (Å²) in [5.41, 5.74) is 2.31. The zero-order valence-corrected chi connectivity index (χ0v) is 10.5. The van der Waals surface area contributed by atoms with E-state index in [1.54, 1.807) is 0 Å². The minimum Gasteiger partial charge on any atom is -0.371 e. The summed E-state index contributed by atoms with van der Waals surface area (Å²) in [7, 11) is 0. The standard InChI is InChI=1S/C15H20N2/c1-3-5-13-17(12-4-2)15-8-6-14(7-9-15)10-11-16/h3,6-9H,1,4-5,10,12-13H2,2H3. The maximum Gasteiger partial charge on any atom is 0.0669 e. The second-order valence-electron chi connectivity index (χ2n) is 4.07. The van der Waals surface area contributed by atoms with Gasteiger partial charge in [-0.3, -0.25) is 0 Å². The van der Waals surface area contributed by atoms with Crippen LogP contribution in [0, 0.1) is 11.3 Å². The molecule has 0 amide bonds. The van der Waals surface area contributed by atoms with Crippen molar-refractivity contribution in [2.24, 2.45) is 0 Å². The summed E-state index contributed by atoms with van der Waals surface area (Å²) in [6.07, 6.45) is 4.57. The monoisotopic (exact) mass is 228 g/mol. The fourth-order valence-electron chi connectivity index (χ4n) is 1.80. The van der Waals surface area contributed by atoms with Crippen LogP contribution in [0.2, 0.25) is 0 Å². The number of hydrogen-bond donors (Lipinski definition) is 0. The van der Waals surface area contributed by atoms with E-state index in [4.69, 9.17) is 5.26 Å². The zero-order chi connectivity index (χ0) is 12.5. The second kappa shape index (κ2) is 7.51. The Morgan fingerprint density at radius 1 is 1.29 bits per heavy atom. The van der Waals surface area contributed by atoms with Crippen molar-refractivity contribution in [1.29, 1.82) is 5.26 Å². The number of anilines is 1. The van der Waals surface area contributed by atoms with Crippen molar-refractivity contribution in [2.45, 2.75) is 26.2 Å². The van der Waals surface area contributed by atoms with Gasteiger partial charge in [0.05, 0.1) is 12.5 Å². The minimum absolute atomic E-state index is 0.487. The predicted molar refractivity (Wildman–Crippen MR) is 73.1 cm³/mol. The summed E-state index contributed by atoms with van der Waals surface area (Å²) in [6.45, 7) is 8.02. The van der Waals surface area contributed by atoms with E-state index in [1.165, 1.54) is 5.69 Å². The summed E-state index contributed by atoms with van der Waals surface area (Å²) < 4.78 is 0. The van der Waals surface area contributed by atoms with Gasteiger partial charge in [0, 0.05) is 18.8 Å². The van der Waals surface area contributed by atoms with Gasteiger partial charge in [-0.1, -0.05) is 25.1 Å². The van der Waals surface area contributed by atoms with E-state index in [0.29, 0.717) is 6.42 Å². The maximum atomic E-state index is 8.63. The zero-order valence-electron chi connectivity index (χ0n) is 10.5. The summed E-state index contributed by atoms with van der Waals surface area (Å²) in [5, 5.41) is 8.63. The highest BCUT2D eigenvalue weighted by Crippen LogP contribution is 2.16. The van der Waals surface area contributed by atoms with Crippen molar-refractivity contribution < 1.29 is 0 Å². The van der Waals surface area contributed by atoms with Gasteiger partial charge in [0.25, 0.3) is 0 Å². The lowest BCUT2D eigenvalue weighted by Crippen LogP contribution is -2.24. The second-order valence-corrected chi connectivity index (χ2v) is 4.07. The third-order valence-electron chi connectivity index (χ3n) is 2.68. The number of nitriles is 1. The van der Waals surface area contributed by atoms with Crippen LogP contribution in [-0.2, 0) is 6.42 Å². The Hall–Kier alpha value is -1.75. The number of hydrogen-bond acceptors (Lipinski definition) is 2. The first kappa shape index (κ1) is 13.3. The van der Waals surface area contributed by atoms with Crippen LogP contribution in [0.1, 0.15) is 25.3 Å². The Labute approximate surface area is 104 Å². The average molecular weight is 228 g/mol. The number of rotatable bonds is 7. The largest absolute Gasteiger partial charge is 0.371 e. The molecule has 0 aliphatic heterocycles. The van der Waals surface area contributed by atoms with Crippen LogP contribution >= 0.6 is 0 Å². The smallest absolute Gasteiger partial charge is 0.0669 e. The molecular weight excluding hydrogens is 208 g/mol. The van der Waals surface area contributed by atoms with Crippen LogP contribution in [0.5, 0.6) is 0 Å². The SMILES string of the molecule is C=CCCN(CCC)c1ccc(CC#N)cc1. The average Bonchev–Trinajstić information content (AvgIpc) is 2.36. The Bertz CT molecular complexity index is 373. The molecule has 0 bridgehead atoms. The summed E-state index contributed by atoms with van der Waals surface area (Å²) in [4.78, 5) is 2.36. The van der Waals surface area contributed by atoms with Crippen LogP contribution in [-0.4, -0.2) is 13.1 Å². The van der Waals surface area contributed by atoms with E-state index < -0.39 is 0 Å². The summed E-state index contributed by atoms with van der Waals surface area (Å²) in [6, 6.07) is 10.4. The molecular formula is C15H20N2. The van der Waals surface area contributed by atoms with Gasteiger partial charge >= 0.3 is 0 Å². The van der Waals surface area contributed by atoms with Crippen molar-refractivity contribution in [3.05, 3.63) is 42.5 Å². The molecule has 1 rings (SSSR count). The summed E-state index contributed by atoms with van der Waals surface area (Å²) >= 11 is 0. The van der Waals surface area contributed by atoms with Gasteiger partial charge in [0.2, 0.25) is 0 Å². The third kappa shape index (κ3) is 4.32. The van der Waals surface area contributed by atoms with Crippen LogP contribution in [0.25, 0.3) is 0 Å². The van der Waals surface area contributed by atoms with E-state index in [1.807, 2.05) is 18.2 Å². The number of nitrogens with zero attached hydrogens (tertiary/aromatic N) is 2. The molecule has 1 aromatic rings. The van der Waals surface area contributed by atoms with Gasteiger partial charge in [-0.05, 0) is 30.5 Å². The molecule has 90 valence electrons. The molecule has 17 heavy (non-hydrogen) atoms. The van der Waals surface area contributed by atoms with Crippen molar-refractivity contribution in [3.8, 4) is 6.07 Å². The van der Waals surface area contributed by atoms with E-state index in [9.17, 15) is 0 Å². The van der Waals surface area contributed by atoms with Crippen molar-refractivity contribution in [2.75, 3.05) is 18.0 Å². The predicted octanol–water partition coefficient (Wildman–Crippen LogP) is 3.55. The molecule has 0 unspecified atom stereocenters. The fourth-order valence-corrected chi connectivity index (χ4v) is 1.80. The van der Waals surface area contributed by atoms with Gasteiger partial charge in [-0.2, -0.15) is 5.26 Å². The van der Waals surface area contributed by atoms with Gasteiger partial charge in [0.1, 0.15) is 0 Å². The van der Waals surface area contributed by atoms with Crippen molar-refractivity contribution in [1.82, 2.24) is 0 Å². The molecule has 0 atom stereocenters. The quantitative estimate of drug-likeness (QED) is 0.667. The molecule has 0 spiro atoms. The van der Waals surface area contributed by atoms with Gasteiger partial charge in [0.15, 0.2) is 0 Å². The van der Waals surface area contributed by atoms with Crippen molar-refractivity contribution in [3.63, 3.8) is 0 Å². The van der Waals surface area contributed by atoms with Crippen LogP contribution in [0.15, 0.2) is 36.9 Å². The van der Waals surface area contributed by atoms with Crippen LogP contribution in [0.4, 0.5) is 5.69 Å². The first-order chi connectivity index (χ1) is 8.31. The number of benzene rings is 1. The van der Waals surface area contributed by atoms with E-state index in [0.717, 1.165) is 31.5 Å². The van der Waals surface area contributed by atoms with Crippen molar-refractivity contribution >= 4 is 5.69 Å². The molecule has 1 aromatic carbocycles. The molecule has 0 fully saturated rings. The molecule has 0 aliphatic carbocycles. The van der Waals surface area contributed by atoms with Gasteiger partial charge in [-0.25, -0.2) is 0 Å². The highest BCUT2D eigenvalue weighted by Gasteiger charge is 2.04. The molecule has 0 saturated heterocycles. The molecule has 2 nitrogen and oxygen atoms in total. The molecule has 0 aromatic heterocycles. The molecule has 0 aliphatic rings. The minimum atomic E-state index is 0.487. The first-order valence-electron chi connectivity index (χ1n) is 6.13. The molecule has 2 heteroatoms. The first-order valence-corrected chi connectivity index (χ1v) is 6.13. The lowest BCUT2D eigenvalue weighted by Gasteiger charge is -2.23. The Balaban J connectivity index is 2.72. The lowest BCUT2D eigenvalue weighted by atomic mass is 10.1. The Morgan fingerprint density at radius 3 is 2.53 bits per heavy atom. The molecule has 0 radical (unpaired) electrons. The normalized spacial score (nSPS) is 9.65. The third-order valence-corrected chi connectivity index (χ3v) is 2.68. The van der Waals surface area contributed by atoms with E-state index in [2.05, 4.69) is 36.6 Å². The molecule has 0 heterocycles. The maximum absolute atomic E-state index is 8.63. The summed E-state index contributed by atoms with van der Waals surface area (Å²) in [5.74, 6) is 0. The highest BCUT2D eigenvalue weighted by atomic mass is 15.1. The topological polar surface area (TPSA) is 27.0 Å². The Kier molecular flexibility index (Phi) is 5.88. The molecule has 0 N–H and O–H groups in total. The van der Waals surface area contributed by atoms with E-state index in [-0.39, 0.29) is 0 Å². The van der Waals surface area contributed by atoms with Crippen LogP contribution < -0.4 is 4.90 Å². The molecule has 0 saturated carbocycles. The van der Waals surface area contributed by atoms with Gasteiger partial charge < -0.3 is 4.90 Å². The van der Waals surface area contributed by atoms with E-state index >= 15 is 0 Å². The van der Waals surface area contributed by atoms with Crippen LogP contribution in [0.3, 0.4) is 0 Å². The Morgan fingerprint density at radius 2 is 2.00 bits per heavy atom.